The normalized spacial score (nSPS) is 14.4. The highest BCUT2D eigenvalue weighted by Gasteiger charge is 2.21. The number of hydrogen-bond donors (Lipinski definition) is 6. The van der Waals surface area contributed by atoms with E-state index in [1.54, 1.807) is 91.0 Å². The van der Waals surface area contributed by atoms with E-state index in [4.69, 9.17) is 67.9 Å². The number of carbonyl (C=O) groups is 1. The van der Waals surface area contributed by atoms with Gasteiger partial charge in [0, 0.05) is 92.2 Å². The summed E-state index contributed by atoms with van der Waals surface area (Å²) in [6, 6.07) is 18.4. The van der Waals surface area contributed by atoms with Gasteiger partial charge >= 0.3 is 14.1 Å². The van der Waals surface area contributed by atoms with Crippen LogP contribution in [0.1, 0.15) is 101 Å². The van der Waals surface area contributed by atoms with E-state index in [-0.39, 0.29) is 41.6 Å². The van der Waals surface area contributed by atoms with Crippen molar-refractivity contribution in [2.75, 3.05) is 101 Å². The van der Waals surface area contributed by atoms with Crippen molar-refractivity contribution in [3.05, 3.63) is 123 Å². The first-order chi connectivity index (χ1) is 41.0. The number of nitrogens with two attached hydrogens (primary N) is 1. The number of nitrogens with one attached hydrogen (secondary N) is 2. The number of piperidine rings is 4. The summed E-state index contributed by atoms with van der Waals surface area (Å²) >= 11 is 25.6. The van der Waals surface area contributed by atoms with Gasteiger partial charge in [-0.25, -0.2) is 28.1 Å². The number of aliphatic hydroxyl groups excluding tert-OH is 1. The van der Waals surface area contributed by atoms with Gasteiger partial charge < -0.3 is 55.8 Å². The zero-order valence-electron chi connectivity index (χ0n) is 49.0. The van der Waals surface area contributed by atoms with Gasteiger partial charge in [-0.05, 0) is 183 Å². The van der Waals surface area contributed by atoms with Crippen molar-refractivity contribution in [1.82, 2.24) is 19.9 Å². The van der Waals surface area contributed by atoms with Crippen molar-refractivity contribution >= 4 is 138 Å². The summed E-state index contributed by atoms with van der Waals surface area (Å²) in [6.45, 7) is 15.3. The number of carbonyl (C=O) groups excluding carboxylic acids is 1. The van der Waals surface area contributed by atoms with Gasteiger partial charge in [-0.1, -0.05) is 0 Å². The maximum absolute atomic E-state index is 13.1. The van der Waals surface area contributed by atoms with E-state index >= 15 is 0 Å². The van der Waals surface area contributed by atoms with Gasteiger partial charge in [0.05, 0.1) is 47.8 Å². The highest BCUT2D eigenvalue weighted by atomic mass is 35.5. The van der Waals surface area contributed by atoms with E-state index in [0.717, 1.165) is 96.2 Å². The number of rotatable bonds is 15. The van der Waals surface area contributed by atoms with Crippen molar-refractivity contribution in [2.24, 2.45) is 5.73 Å². The Hall–Kier alpha value is -4.62. The molecule has 4 fully saturated rings. The van der Waals surface area contributed by atoms with Crippen molar-refractivity contribution < 1.29 is 33.1 Å². The number of thiazole rings is 3. The lowest BCUT2D eigenvalue weighted by Crippen LogP contribution is -2.39. The standard InChI is InChI=1S/C16H21BFN3OS.C15H18FN3S.C9H13ClN2S.C7H9BFNO.C6H12N2S.C3H4Cl2O.C2H6O/c1-17(22)21(15-7-5-13(18)6-8-15)11-14-12-23-16(19-14)20-9-3-2-4-10-20;16-12-4-6-13(7-5-12)17-10-14-11-20-15(18-14)19-8-2-1-3-9-19;10-6-8-7-13-9(11-8)12-4-2-1-3-5-12;1-8(11)10-7-4-2-6(9)3-5-7;7-6(9)8-4-2-1-3-5-8;4-1-3(6)2-5;1-2-3/h5-8,12,22H,2-4,9-11H2,1H3;4-7,11,17H,1-3,8-10H2;7H,1-6H2;2-5,10-11H,1H3;1-5H2,(H2,7,9);1-2H2;3H,2H2,1H3. The van der Waals surface area contributed by atoms with Crippen molar-refractivity contribution in [1.29, 1.82) is 0 Å². The van der Waals surface area contributed by atoms with Crippen LogP contribution in [0.4, 0.5) is 45.6 Å². The number of aromatic nitrogens is 3. The zero-order chi connectivity index (χ0) is 61.8. The number of benzene rings is 3. The van der Waals surface area contributed by atoms with E-state index in [1.165, 1.54) is 113 Å². The summed E-state index contributed by atoms with van der Waals surface area (Å²) < 4.78 is 38.2. The fraction of sp³-hybridized carbons (Fsp3) is 0.500. The zero-order valence-corrected chi connectivity index (χ0v) is 54.5. The maximum atomic E-state index is 13.1. The lowest BCUT2D eigenvalue weighted by atomic mass is 9.84. The van der Waals surface area contributed by atoms with Gasteiger partial charge in [-0.15, -0.1) is 68.8 Å². The highest BCUT2D eigenvalue weighted by molar-refractivity contribution is 7.80. The number of aliphatic hydroxyl groups is 1. The molecule has 27 heteroatoms. The Balaban J connectivity index is 0.000000227. The molecule has 0 saturated carbocycles. The Labute approximate surface area is 534 Å². The van der Waals surface area contributed by atoms with Gasteiger partial charge in [0.15, 0.2) is 26.3 Å². The van der Waals surface area contributed by atoms with Gasteiger partial charge in [0.25, 0.3) is 0 Å². The smallest absolute Gasteiger partial charge is 0.409 e. The minimum absolute atomic E-state index is 0.0312. The third-order valence-corrected chi connectivity index (χ3v) is 17.1. The maximum Gasteiger partial charge on any atom is 0.409 e. The second kappa shape index (κ2) is 42.3. The average molecular weight is 1310 g/mol. The first-order valence-corrected chi connectivity index (χ1v) is 33.5. The van der Waals surface area contributed by atoms with E-state index in [1.807, 2.05) is 10.2 Å². The molecule has 466 valence electrons. The van der Waals surface area contributed by atoms with E-state index in [9.17, 15) is 23.0 Å². The molecular weight excluding hydrogens is 1230 g/mol. The second-order valence-electron chi connectivity index (χ2n) is 20.1. The van der Waals surface area contributed by atoms with Gasteiger partial charge in [-0.2, -0.15) is 0 Å². The number of halogens is 6. The van der Waals surface area contributed by atoms with Crippen LogP contribution >= 0.6 is 81.0 Å². The molecule has 10 rings (SSSR count). The molecular formula is C58H83B2Cl3F3N11O4S4. The number of anilines is 6. The number of nitrogens with zero attached hydrogens (tertiary/aromatic N) is 8. The largest absolute Gasteiger partial charge is 0.433 e. The third-order valence-electron chi connectivity index (χ3n) is 13.1. The molecule has 4 aliphatic heterocycles. The molecule has 0 bridgehead atoms. The quantitative estimate of drug-likeness (QED) is 0.0324. The van der Waals surface area contributed by atoms with Crippen molar-refractivity contribution in [2.45, 2.75) is 117 Å². The number of likely N-dealkylation sites (tertiary alicyclic amines) is 1. The van der Waals surface area contributed by atoms with Gasteiger partial charge in [0.2, 0.25) is 0 Å². The first kappa shape index (κ1) is 72.9. The Bertz CT molecular complexity index is 2720. The lowest BCUT2D eigenvalue weighted by Gasteiger charge is -2.26. The minimum atomic E-state index is -0.666. The number of hydrogen-bond acceptors (Lipinski definition) is 17. The van der Waals surface area contributed by atoms with E-state index in [0.29, 0.717) is 29.8 Å². The molecule has 0 amide bonds. The van der Waals surface area contributed by atoms with Crippen LogP contribution in [0.25, 0.3) is 0 Å². The Morgan fingerprint density at radius 1 is 0.612 bits per heavy atom. The molecule has 4 saturated heterocycles. The third kappa shape index (κ3) is 29.3. The molecule has 6 aromatic rings. The molecule has 7 heterocycles. The summed E-state index contributed by atoms with van der Waals surface area (Å²) in [4.78, 5) is 34.7. The molecule has 85 heavy (non-hydrogen) atoms. The molecule has 4 aliphatic rings. The molecule has 0 spiro atoms. The van der Waals surface area contributed by atoms with Crippen molar-refractivity contribution in [3.63, 3.8) is 0 Å². The summed E-state index contributed by atoms with van der Waals surface area (Å²) in [5.74, 6) is -0.298. The van der Waals surface area contributed by atoms with Crippen LogP contribution in [-0.4, -0.2) is 131 Å². The molecule has 0 aliphatic carbocycles. The predicted molar refractivity (Wildman–Crippen MR) is 360 cm³/mol. The number of thiocarbonyl (C=S) groups is 1. The number of alkyl halides is 3. The van der Waals surface area contributed by atoms with Crippen LogP contribution in [0.2, 0.25) is 13.6 Å². The monoisotopic (exact) mass is 1310 g/mol. The average Bonchev–Trinajstić information content (AvgIpc) is 4.49. The van der Waals surface area contributed by atoms with Crippen molar-refractivity contribution in [3.8, 4) is 0 Å². The Morgan fingerprint density at radius 3 is 1.33 bits per heavy atom. The molecule has 0 radical (unpaired) electrons. The molecule has 0 atom stereocenters. The van der Waals surface area contributed by atoms with Crippen LogP contribution in [0.15, 0.2) is 88.9 Å². The molecule has 3 aromatic heterocycles. The molecule has 7 N–H and O–H groups in total. The fourth-order valence-corrected chi connectivity index (χ4v) is 12.1. The van der Waals surface area contributed by atoms with Crippen LogP contribution in [-0.2, 0) is 23.8 Å². The van der Waals surface area contributed by atoms with E-state index < -0.39 is 14.1 Å². The Kier molecular flexibility index (Phi) is 36.2. The fourth-order valence-electron chi connectivity index (χ4n) is 8.74. The van der Waals surface area contributed by atoms with E-state index in [2.05, 4.69) is 50.9 Å². The second-order valence-corrected chi connectivity index (χ2v) is 23.8. The number of Topliss-reactive ketones (excluding diaryl/α,β-unsaturated/α-hetero) is 1. The van der Waals surface area contributed by atoms with Crippen LogP contribution < -0.4 is 35.8 Å². The molecule has 15 nitrogen and oxygen atoms in total. The van der Waals surface area contributed by atoms with Gasteiger partial charge in [0.1, 0.15) is 17.5 Å². The summed E-state index contributed by atoms with van der Waals surface area (Å²) in [7, 11) is -1.28. The summed E-state index contributed by atoms with van der Waals surface area (Å²) in [5.41, 5.74) is 10.8. The Morgan fingerprint density at radius 2 is 0.976 bits per heavy atom. The minimum Gasteiger partial charge on any atom is -0.433 e. The van der Waals surface area contributed by atoms with Crippen LogP contribution in [0, 0.1) is 17.5 Å². The molecule has 0 unspecified atom stereocenters. The summed E-state index contributed by atoms with van der Waals surface area (Å²) in [6.07, 6.45) is 15.4. The van der Waals surface area contributed by atoms with Crippen LogP contribution in [0.5, 0.6) is 0 Å². The lowest BCUT2D eigenvalue weighted by molar-refractivity contribution is -0.114. The predicted octanol–water partition coefficient (Wildman–Crippen LogP) is 13.2. The topological polar surface area (TPSA) is 183 Å². The van der Waals surface area contributed by atoms with Crippen LogP contribution in [0.3, 0.4) is 0 Å². The first-order valence-electron chi connectivity index (χ1n) is 28.9. The summed E-state index contributed by atoms with van der Waals surface area (Å²) in [5, 5.41) is 42.6. The highest BCUT2D eigenvalue weighted by Crippen LogP contribution is 2.28. The molecule has 3 aromatic carbocycles. The SMILES string of the molecule is CB(O)N(Cc1csc(N2CCCCC2)n1)c1ccc(F)cc1.CB(O)Nc1ccc(F)cc1.CCO.ClCc1csc(N2CCCCC2)n1.Fc1ccc(NCc2csc(N3CCCCC3)n2)cc1.NC(=S)N1CCCCC1.O=C(CCl)CCl. The number of ketones is 1. The van der Waals surface area contributed by atoms with Gasteiger partial charge in [-0.3, -0.25) is 4.79 Å².